The molecule has 0 bridgehead atoms. The molecule has 0 aromatic heterocycles. The van der Waals surface area contributed by atoms with Crippen LogP contribution in [0.3, 0.4) is 0 Å². The summed E-state index contributed by atoms with van der Waals surface area (Å²) >= 11 is 0. The largest absolute Gasteiger partial charge is 0.358 e. The molecule has 5 heteroatoms. The number of rotatable bonds is 4. The van der Waals surface area contributed by atoms with Crippen molar-refractivity contribution >= 4 is 11.8 Å². The van der Waals surface area contributed by atoms with E-state index in [2.05, 4.69) is 16.0 Å². The molecule has 0 aliphatic heterocycles. The summed E-state index contributed by atoms with van der Waals surface area (Å²) in [4.78, 5) is 22.5. The first-order valence-corrected chi connectivity index (χ1v) is 5.02. The van der Waals surface area contributed by atoms with Gasteiger partial charge in [-0.25, -0.2) is 0 Å². The first-order chi connectivity index (χ1) is 6.76. The highest BCUT2D eigenvalue weighted by atomic mass is 16.2. The van der Waals surface area contributed by atoms with E-state index < -0.39 is 0 Å². The smallest absolute Gasteiger partial charge is 0.236 e. The van der Waals surface area contributed by atoms with E-state index >= 15 is 0 Å². The van der Waals surface area contributed by atoms with Gasteiger partial charge in [0.15, 0.2) is 0 Å². The predicted octanol–water partition coefficient (Wildman–Crippen LogP) is -0.375. The Labute approximate surface area is 91.0 Å². The average molecular weight is 215 g/mol. The quantitative estimate of drug-likeness (QED) is 0.599. The summed E-state index contributed by atoms with van der Waals surface area (Å²) in [7, 11) is 1.57. The van der Waals surface area contributed by atoms with E-state index in [0.29, 0.717) is 0 Å². The number of hydrogen-bond donors (Lipinski definition) is 3. The fourth-order valence-electron chi connectivity index (χ4n) is 1.02. The summed E-state index contributed by atoms with van der Waals surface area (Å²) in [6.45, 7) is 7.59. The van der Waals surface area contributed by atoms with Crippen molar-refractivity contribution in [1.29, 1.82) is 0 Å². The lowest BCUT2D eigenvalue weighted by molar-refractivity contribution is -0.123. The summed E-state index contributed by atoms with van der Waals surface area (Å²) < 4.78 is 0. The molecule has 15 heavy (non-hydrogen) atoms. The van der Waals surface area contributed by atoms with Crippen LogP contribution in [0.1, 0.15) is 27.7 Å². The van der Waals surface area contributed by atoms with Gasteiger partial charge >= 0.3 is 0 Å². The van der Waals surface area contributed by atoms with Gasteiger partial charge in [0.05, 0.1) is 12.6 Å². The second kappa shape index (κ2) is 5.70. The van der Waals surface area contributed by atoms with Crippen LogP contribution in [0.4, 0.5) is 0 Å². The molecule has 2 amide bonds. The van der Waals surface area contributed by atoms with Crippen LogP contribution in [0.2, 0.25) is 0 Å². The van der Waals surface area contributed by atoms with Gasteiger partial charge in [-0.05, 0) is 27.7 Å². The van der Waals surface area contributed by atoms with E-state index in [-0.39, 0.29) is 29.9 Å². The lowest BCUT2D eigenvalue weighted by Gasteiger charge is -2.21. The van der Waals surface area contributed by atoms with Crippen molar-refractivity contribution in [3.8, 4) is 0 Å². The van der Waals surface area contributed by atoms with Gasteiger partial charge in [0.2, 0.25) is 11.8 Å². The Bertz CT molecular complexity index is 233. The zero-order valence-electron chi connectivity index (χ0n) is 10.1. The van der Waals surface area contributed by atoms with Crippen LogP contribution >= 0.6 is 0 Å². The van der Waals surface area contributed by atoms with Gasteiger partial charge < -0.3 is 10.6 Å². The molecule has 1 atom stereocenters. The number of carbonyl (C=O) groups is 2. The monoisotopic (exact) mass is 215 g/mol. The van der Waals surface area contributed by atoms with E-state index in [1.165, 1.54) is 0 Å². The Morgan fingerprint density at radius 2 is 1.80 bits per heavy atom. The molecule has 0 spiro atoms. The topological polar surface area (TPSA) is 70.2 Å². The van der Waals surface area contributed by atoms with Crippen LogP contribution in [-0.2, 0) is 9.59 Å². The maximum absolute atomic E-state index is 11.4. The fourth-order valence-corrected chi connectivity index (χ4v) is 1.02. The molecule has 0 aliphatic rings. The second-order valence-corrected chi connectivity index (χ2v) is 4.52. The minimum absolute atomic E-state index is 0.113. The summed E-state index contributed by atoms with van der Waals surface area (Å²) in [5, 5.41) is 8.13. The lowest BCUT2D eigenvalue weighted by atomic mass is 10.1. The molecule has 1 unspecified atom stereocenters. The number of carbonyl (C=O) groups excluding carboxylic acids is 2. The van der Waals surface area contributed by atoms with E-state index in [4.69, 9.17) is 0 Å². The van der Waals surface area contributed by atoms with Crippen molar-refractivity contribution in [1.82, 2.24) is 16.0 Å². The van der Waals surface area contributed by atoms with Gasteiger partial charge in [-0.15, -0.1) is 0 Å². The summed E-state index contributed by atoms with van der Waals surface area (Å²) in [6, 6.07) is -0.360. The Hall–Kier alpha value is -1.10. The van der Waals surface area contributed by atoms with Gasteiger partial charge in [-0.2, -0.15) is 0 Å². The van der Waals surface area contributed by atoms with Crippen LogP contribution in [-0.4, -0.2) is 37.0 Å². The van der Waals surface area contributed by atoms with E-state index in [0.717, 1.165) is 0 Å². The van der Waals surface area contributed by atoms with Crippen LogP contribution in [0.5, 0.6) is 0 Å². The molecule has 0 heterocycles. The Balaban J connectivity index is 3.86. The molecule has 0 saturated carbocycles. The zero-order chi connectivity index (χ0) is 12.1. The van der Waals surface area contributed by atoms with E-state index in [1.54, 1.807) is 14.0 Å². The fraction of sp³-hybridized carbons (Fsp3) is 0.800. The van der Waals surface area contributed by atoms with Crippen LogP contribution in [0, 0.1) is 0 Å². The third-order valence-corrected chi connectivity index (χ3v) is 1.72. The van der Waals surface area contributed by atoms with Crippen molar-refractivity contribution in [3.63, 3.8) is 0 Å². The molecule has 0 aromatic carbocycles. The van der Waals surface area contributed by atoms with Gasteiger partial charge in [-0.3, -0.25) is 14.9 Å². The molecule has 0 aromatic rings. The Morgan fingerprint density at radius 1 is 1.27 bits per heavy atom. The minimum atomic E-state index is -0.360. The van der Waals surface area contributed by atoms with Crippen molar-refractivity contribution in [3.05, 3.63) is 0 Å². The highest BCUT2D eigenvalue weighted by Gasteiger charge is 2.15. The number of likely N-dealkylation sites (N-methyl/N-ethyl adjacent to an activating group) is 1. The minimum Gasteiger partial charge on any atom is -0.358 e. The molecule has 3 N–H and O–H groups in total. The van der Waals surface area contributed by atoms with Gasteiger partial charge in [0.25, 0.3) is 0 Å². The van der Waals surface area contributed by atoms with Crippen molar-refractivity contribution in [2.45, 2.75) is 39.3 Å². The average Bonchev–Trinajstić information content (AvgIpc) is 2.10. The summed E-state index contributed by atoms with van der Waals surface area (Å²) in [6.07, 6.45) is 0. The first kappa shape index (κ1) is 13.9. The summed E-state index contributed by atoms with van der Waals surface area (Å²) in [5.74, 6) is -0.239. The molecule has 5 nitrogen and oxygen atoms in total. The SMILES string of the molecule is CNC(=O)C(C)NCC(=O)NC(C)(C)C. The molecule has 0 fully saturated rings. The van der Waals surface area contributed by atoms with Crippen LogP contribution < -0.4 is 16.0 Å². The van der Waals surface area contributed by atoms with Crippen molar-refractivity contribution in [2.75, 3.05) is 13.6 Å². The first-order valence-electron chi connectivity index (χ1n) is 5.02. The molecular formula is C10H21N3O2. The lowest BCUT2D eigenvalue weighted by Crippen LogP contribution is -2.49. The molecule has 88 valence electrons. The predicted molar refractivity (Wildman–Crippen MR) is 59.4 cm³/mol. The van der Waals surface area contributed by atoms with Crippen LogP contribution in [0.25, 0.3) is 0 Å². The standard InChI is InChI=1S/C10H21N3O2/c1-7(9(15)11-5)12-6-8(14)13-10(2,3)4/h7,12H,6H2,1-5H3,(H,11,15)(H,13,14). The zero-order valence-corrected chi connectivity index (χ0v) is 10.1. The van der Waals surface area contributed by atoms with Gasteiger partial charge in [0.1, 0.15) is 0 Å². The third-order valence-electron chi connectivity index (χ3n) is 1.72. The maximum atomic E-state index is 11.4. The highest BCUT2D eigenvalue weighted by molar-refractivity contribution is 5.83. The summed E-state index contributed by atoms with van der Waals surface area (Å²) in [5.41, 5.74) is -0.241. The van der Waals surface area contributed by atoms with E-state index in [1.807, 2.05) is 20.8 Å². The molecule has 0 radical (unpaired) electrons. The van der Waals surface area contributed by atoms with Gasteiger partial charge in [0, 0.05) is 12.6 Å². The van der Waals surface area contributed by atoms with Crippen LogP contribution in [0.15, 0.2) is 0 Å². The normalized spacial score (nSPS) is 13.1. The number of nitrogens with one attached hydrogen (secondary N) is 3. The Kier molecular flexibility index (Phi) is 5.28. The molecule has 0 aliphatic carbocycles. The highest BCUT2D eigenvalue weighted by Crippen LogP contribution is 1.97. The molecular weight excluding hydrogens is 194 g/mol. The molecule has 0 saturated heterocycles. The van der Waals surface area contributed by atoms with E-state index in [9.17, 15) is 9.59 Å². The number of amides is 2. The van der Waals surface area contributed by atoms with Crippen molar-refractivity contribution in [2.24, 2.45) is 0 Å². The third kappa shape index (κ3) is 6.90. The van der Waals surface area contributed by atoms with Gasteiger partial charge in [-0.1, -0.05) is 0 Å². The second-order valence-electron chi connectivity index (χ2n) is 4.52. The Morgan fingerprint density at radius 3 is 2.20 bits per heavy atom. The number of hydrogen-bond acceptors (Lipinski definition) is 3. The molecule has 0 rings (SSSR count). The maximum Gasteiger partial charge on any atom is 0.236 e. The van der Waals surface area contributed by atoms with Crippen molar-refractivity contribution < 1.29 is 9.59 Å².